The van der Waals surface area contributed by atoms with Crippen molar-refractivity contribution in [2.75, 3.05) is 40.9 Å². The average Bonchev–Trinajstić information content (AvgIpc) is 3.24. The number of nitrogens with one attached hydrogen (secondary N) is 1. The molecule has 0 aliphatic heterocycles. The second-order valence-corrected chi connectivity index (χ2v) is 21.3. The molecule has 374 valence electrons. The summed E-state index contributed by atoms with van der Waals surface area (Å²) in [5.41, 5.74) is 0. The van der Waals surface area contributed by atoms with Gasteiger partial charge in [-0.1, -0.05) is 237 Å². The van der Waals surface area contributed by atoms with Crippen LogP contribution in [0, 0.1) is 0 Å². The van der Waals surface area contributed by atoms with E-state index in [0.717, 1.165) is 38.5 Å². The fourth-order valence-corrected chi connectivity index (χ4v) is 8.81. The topological polar surface area (TPSA) is 108 Å². The highest BCUT2D eigenvalue weighted by Gasteiger charge is 2.23. The standard InChI is InChI=1S/C54H107N2O6P/c1-6-8-10-12-14-16-18-20-21-22-23-24-25-26-27-28-29-30-31-32-33-34-35-36-38-40-42-44-46-48-54(58)55-52(51-62-63(59,60)61-50-49-56(3,4)5)53(57)47-45-43-41-39-37-19-17-15-13-11-9-7-2/h22-23,45,47,52-53,57H,6-21,24-44,46,48-51H2,1-5H3,(H-,55,58,59,60)/b23-22-,47-45+. The lowest BCUT2D eigenvalue weighted by Gasteiger charge is -2.29. The van der Waals surface area contributed by atoms with Gasteiger partial charge < -0.3 is 28.8 Å². The van der Waals surface area contributed by atoms with E-state index in [4.69, 9.17) is 9.05 Å². The van der Waals surface area contributed by atoms with Gasteiger partial charge in [0.2, 0.25) is 5.91 Å². The first kappa shape index (κ1) is 62.0. The number of nitrogens with zero attached hydrogens (tertiary/aromatic N) is 1. The molecule has 8 nitrogen and oxygen atoms in total. The zero-order valence-electron chi connectivity index (χ0n) is 42.5. The van der Waals surface area contributed by atoms with Gasteiger partial charge in [0.15, 0.2) is 0 Å². The number of hydrogen-bond donors (Lipinski definition) is 2. The van der Waals surface area contributed by atoms with Gasteiger partial charge in [0.25, 0.3) is 7.82 Å². The number of quaternary nitrogens is 1. The summed E-state index contributed by atoms with van der Waals surface area (Å²) in [6, 6.07) is -0.882. The largest absolute Gasteiger partial charge is 0.756 e. The number of phosphoric acid groups is 1. The zero-order valence-corrected chi connectivity index (χ0v) is 43.4. The second kappa shape index (κ2) is 46.1. The number of allylic oxidation sites excluding steroid dienone is 3. The molecule has 3 unspecified atom stereocenters. The molecule has 1 amide bonds. The molecule has 0 rings (SSSR count). The van der Waals surface area contributed by atoms with E-state index >= 15 is 0 Å². The quantitative estimate of drug-likeness (QED) is 0.0272. The molecule has 0 spiro atoms. The summed E-state index contributed by atoms with van der Waals surface area (Å²) in [5, 5.41) is 13.8. The number of hydrogen-bond acceptors (Lipinski definition) is 6. The third-order valence-electron chi connectivity index (χ3n) is 12.4. The highest BCUT2D eigenvalue weighted by molar-refractivity contribution is 7.45. The van der Waals surface area contributed by atoms with Crippen LogP contribution < -0.4 is 10.2 Å². The van der Waals surface area contributed by atoms with Gasteiger partial charge in [0.1, 0.15) is 13.2 Å². The highest BCUT2D eigenvalue weighted by atomic mass is 31.2. The molecule has 0 aromatic rings. The Balaban J connectivity index is 4.05. The molecule has 0 heterocycles. The van der Waals surface area contributed by atoms with Crippen LogP contribution in [-0.4, -0.2) is 68.5 Å². The maximum Gasteiger partial charge on any atom is 0.268 e. The number of rotatable bonds is 50. The first-order valence-corrected chi connectivity index (χ1v) is 28.7. The lowest BCUT2D eigenvalue weighted by molar-refractivity contribution is -0.870. The van der Waals surface area contributed by atoms with E-state index in [2.05, 4.69) is 31.3 Å². The van der Waals surface area contributed by atoms with Crippen molar-refractivity contribution >= 4 is 13.7 Å². The lowest BCUT2D eigenvalue weighted by atomic mass is 10.0. The molecule has 0 aromatic heterocycles. The van der Waals surface area contributed by atoms with E-state index in [-0.39, 0.29) is 19.1 Å². The lowest BCUT2D eigenvalue weighted by Crippen LogP contribution is -2.45. The van der Waals surface area contributed by atoms with Crippen LogP contribution in [-0.2, 0) is 18.4 Å². The Morgan fingerprint density at radius 3 is 1.24 bits per heavy atom. The predicted molar refractivity (Wildman–Crippen MR) is 270 cm³/mol. The molecule has 2 N–H and O–H groups in total. The number of aliphatic hydroxyl groups is 1. The van der Waals surface area contributed by atoms with Crippen LogP contribution in [0.4, 0.5) is 0 Å². The summed E-state index contributed by atoms with van der Waals surface area (Å²) in [6.45, 7) is 4.66. The molecule has 3 atom stereocenters. The van der Waals surface area contributed by atoms with Gasteiger partial charge in [-0.05, 0) is 44.9 Å². The Morgan fingerprint density at radius 2 is 0.873 bits per heavy atom. The number of carbonyl (C=O) groups excluding carboxylic acids is 1. The summed E-state index contributed by atoms with van der Waals surface area (Å²) in [5.74, 6) is -0.194. The summed E-state index contributed by atoms with van der Waals surface area (Å²) in [6.07, 6.45) is 56.8. The summed E-state index contributed by atoms with van der Waals surface area (Å²) < 4.78 is 23.3. The minimum Gasteiger partial charge on any atom is -0.756 e. The third kappa shape index (κ3) is 48.7. The number of aliphatic hydroxyl groups excluding tert-OH is 1. The van der Waals surface area contributed by atoms with E-state index in [9.17, 15) is 19.4 Å². The van der Waals surface area contributed by atoms with Crippen molar-refractivity contribution in [1.29, 1.82) is 0 Å². The maximum atomic E-state index is 12.9. The Morgan fingerprint density at radius 1 is 0.540 bits per heavy atom. The molecule has 0 fully saturated rings. The molecule has 63 heavy (non-hydrogen) atoms. The molecule has 0 saturated carbocycles. The minimum absolute atomic E-state index is 0.00104. The van der Waals surface area contributed by atoms with Crippen molar-refractivity contribution in [3.8, 4) is 0 Å². The molecule has 9 heteroatoms. The molecule has 0 aliphatic rings. The SMILES string of the molecule is CCCCCCCCCC/C=C\CCCCCCCCCCCCCCCCCCCC(=O)NC(COP(=O)([O-])OCC[N+](C)(C)C)C(O)/C=C/CCCCCCCCCCCC. The fourth-order valence-electron chi connectivity index (χ4n) is 8.09. The Bertz CT molecular complexity index is 1080. The highest BCUT2D eigenvalue weighted by Crippen LogP contribution is 2.38. The average molecular weight is 911 g/mol. The number of phosphoric ester groups is 1. The van der Waals surface area contributed by atoms with Crippen molar-refractivity contribution in [2.45, 2.75) is 276 Å². The summed E-state index contributed by atoms with van der Waals surface area (Å²) in [4.78, 5) is 25.4. The number of amides is 1. The van der Waals surface area contributed by atoms with Gasteiger partial charge in [0, 0.05) is 6.42 Å². The van der Waals surface area contributed by atoms with Crippen LogP contribution in [0.3, 0.4) is 0 Å². The number of unbranched alkanes of at least 4 members (excludes halogenated alkanes) is 35. The molecular weight excluding hydrogens is 804 g/mol. The number of carbonyl (C=O) groups is 1. The van der Waals surface area contributed by atoms with E-state index in [1.165, 1.54) is 205 Å². The van der Waals surface area contributed by atoms with Gasteiger partial charge in [-0.15, -0.1) is 0 Å². The van der Waals surface area contributed by atoms with Crippen LogP contribution in [0.2, 0.25) is 0 Å². The molecule has 0 aromatic carbocycles. The van der Waals surface area contributed by atoms with Gasteiger partial charge in [0.05, 0.1) is 39.9 Å². The third-order valence-corrected chi connectivity index (χ3v) is 13.4. The zero-order chi connectivity index (χ0) is 46.4. The summed E-state index contributed by atoms with van der Waals surface area (Å²) in [7, 11) is 1.27. The van der Waals surface area contributed by atoms with Crippen molar-refractivity contribution < 1.29 is 32.9 Å². The smallest absolute Gasteiger partial charge is 0.268 e. The number of likely N-dealkylation sites (N-methyl/N-ethyl adjacent to an activating group) is 1. The van der Waals surface area contributed by atoms with Crippen molar-refractivity contribution in [1.82, 2.24) is 5.32 Å². The Kier molecular flexibility index (Phi) is 45.4. The molecule has 0 radical (unpaired) electrons. The molecule has 0 aliphatic carbocycles. The Hall–Kier alpha value is -1.02. The van der Waals surface area contributed by atoms with Crippen LogP contribution >= 0.6 is 7.82 Å². The summed E-state index contributed by atoms with van der Waals surface area (Å²) >= 11 is 0. The first-order valence-electron chi connectivity index (χ1n) is 27.2. The van der Waals surface area contributed by atoms with E-state index in [1.807, 2.05) is 27.2 Å². The monoisotopic (exact) mass is 911 g/mol. The van der Waals surface area contributed by atoms with Crippen LogP contribution in [0.15, 0.2) is 24.3 Å². The van der Waals surface area contributed by atoms with Gasteiger partial charge in [-0.25, -0.2) is 0 Å². The van der Waals surface area contributed by atoms with Gasteiger partial charge >= 0.3 is 0 Å². The molecular formula is C54H107N2O6P. The van der Waals surface area contributed by atoms with Crippen LogP contribution in [0.5, 0.6) is 0 Å². The van der Waals surface area contributed by atoms with Gasteiger partial charge in [-0.2, -0.15) is 0 Å². The molecule has 0 bridgehead atoms. The minimum atomic E-state index is -4.59. The van der Waals surface area contributed by atoms with E-state index in [0.29, 0.717) is 17.4 Å². The van der Waals surface area contributed by atoms with Crippen LogP contribution in [0.25, 0.3) is 0 Å². The maximum absolute atomic E-state index is 12.9. The van der Waals surface area contributed by atoms with E-state index in [1.54, 1.807) is 6.08 Å². The van der Waals surface area contributed by atoms with Crippen molar-refractivity contribution in [3.63, 3.8) is 0 Å². The predicted octanol–water partition coefficient (Wildman–Crippen LogP) is 15.4. The van der Waals surface area contributed by atoms with E-state index < -0.39 is 20.0 Å². The van der Waals surface area contributed by atoms with Crippen molar-refractivity contribution in [3.05, 3.63) is 24.3 Å². The fraction of sp³-hybridized carbons (Fsp3) is 0.907. The molecule has 0 saturated heterocycles. The normalized spacial score (nSPS) is 14.2. The first-order chi connectivity index (χ1) is 30.5. The van der Waals surface area contributed by atoms with Gasteiger partial charge in [-0.3, -0.25) is 9.36 Å². The van der Waals surface area contributed by atoms with Crippen LogP contribution in [0.1, 0.15) is 264 Å². The van der Waals surface area contributed by atoms with Crippen molar-refractivity contribution in [2.24, 2.45) is 0 Å². The Labute approximate surface area is 392 Å². The second-order valence-electron chi connectivity index (χ2n) is 19.9.